The molecule has 0 spiro atoms. The van der Waals surface area contributed by atoms with E-state index in [4.69, 9.17) is 4.74 Å². The Balaban J connectivity index is 2.57. The van der Waals surface area contributed by atoms with Crippen LogP contribution >= 0.6 is 15.9 Å². The lowest BCUT2D eigenvalue weighted by atomic mass is 10.1. The Morgan fingerprint density at radius 2 is 2.07 bits per heavy atom. The number of hydrogen-bond donors (Lipinski definition) is 1. The number of carbonyl (C=O) groups is 1. The molecule has 0 aromatic heterocycles. The number of carbonyl (C=O) groups excluding carboxylic acids is 1. The maximum absolute atomic E-state index is 11.1. The second-order valence-electron chi connectivity index (χ2n) is 3.08. The van der Waals surface area contributed by atoms with Crippen molar-refractivity contribution in [2.45, 2.75) is 19.4 Å². The van der Waals surface area contributed by atoms with E-state index in [0.29, 0.717) is 12.2 Å². The molecule has 1 rings (SSSR count). The largest absolute Gasteiger partial charge is 0.466 e. The van der Waals surface area contributed by atoms with Gasteiger partial charge in [-0.3, -0.25) is 4.79 Å². The number of ether oxygens (including phenoxy) is 1. The van der Waals surface area contributed by atoms with Crippen LogP contribution in [0.25, 0.3) is 0 Å². The molecule has 0 aliphatic rings. The molecule has 0 aliphatic carbocycles. The summed E-state index contributed by atoms with van der Waals surface area (Å²) in [6.45, 7) is 2.08. The Morgan fingerprint density at radius 3 is 2.60 bits per heavy atom. The van der Waals surface area contributed by atoms with Gasteiger partial charge in [-0.25, -0.2) is 0 Å². The van der Waals surface area contributed by atoms with E-state index >= 15 is 0 Å². The third-order valence-corrected chi connectivity index (χ3v) is 2.45. The van der Waals surface area contributed by atoms with Crippen LogP contribution < -0.4 is 0 Å². The average Bonchev–Trinajstić information content (AvgIpc) is 2.18. The van der Waals surface area contributed by atoms with Crippen molar-refractivity contribution in [3.63, 3.8) is 0 Å². The maximum Gasteiger partial charge on any atom is 0.308 e. The van der Waals surface area contributed by atoms with E-state index in [0.717, 1.165) is 4.47 Å². The van der Waals surface area contributed by atoms with Gasteiger partial charge in [-0.2, -0.15) is 0 Å². The van der Waals surface area contributed by atoms with Crippen molar-refractivity contribution in [2.75, 3.05) is 6.61 Å². The molecule has 0 aliphatic heterocycles. The minimum absolute atomic E-state index is 0.00449. The van der Waals surface area contributed by atoms with Gasteiger partial charge in [-0.05, 0) is 24.6 Å². The van der Waals surface area contributed by atoms with Crippen LogP contribution in [0.3, 0.4) is 0 Å². The summed E-state index contributed by atoms with van der Waals surface area (Å²) in [4.78, 5) is 11.1. The summed E-state index contributed by atoms with van der Waals surface area (Å²) in [7, 11) is 0. The molecule has 1 N–H and O–H groups in total. The number of rotatable bonds is 4. The first kappa shape index (κ1) is 12.2. The second-order valence-corrected chi connectivity index (χ2v) is 3.99. The number of esters is 1. The highest BCUT2D eigenvalue weighted by Gasteiger charge is 2.13. The van der Waals surface area contributed by atoms with Crippen LogP contribution in [0.5, 0.6) is 0 Å². The summed E-state index contributed by atoms with van der Waals surface area (Å²) in [5.74, 6) is -0.382. The number of benzene rings is 1. The first-order valence-corrected chi connectivity index (χ1v) is 5.52. The monoisotopic (exact) mass is 272 g/mol. The van der Waals surface area contributed by atoms with Crippen molar-refractivity contribution >= 4 is 21.9 Å². The van der Waals surface area contributed by atoms with Crippen molar-refractivity contribution < 1.29 is 14.6 Å². The van der Waals surface area contributed by atoms with Gasteiger partial charge in [-0.1, -0.05) is 28.1 Å². The molecule has 0 unspecified atom stereocenters. The predicted molar refractivity (Wildman–Crippen MR) is 60.4 cm³/mol. The molecular weight excluding hydrogens is 260 g/mol. The van der Waals surface area contributed by atoms with Gasteiger partial charge in [0.15, 0.2) is 0 Å². The summed E-state index contributed by atoms with van der Waals surface area (Å²) >= 11 is 3.30. The Labute approximate surface area is 97.2 Å². The fourth-order valence-electron chi connectivity index (χ4n) is 1.18. The first-order chi connectivity index (χ1) is 7.13. The molecule has 0 fully saturated rings. The molecule has 0 amide bonds. The highest BCUT2D eigenvalue weighted by Crippen LogP contribution is 2.19. The van der Waals surface area contributed by atoms with E-state index in [1.807, 2.05) is 12.1 Å². The van der Waals surface area contributed by atoms with Crippen molar-refractivity contribution in [2.24, 2.45) is 0 Å². The first-order valence-electron chi connectivity index (χ1n) is 4.72. The van der Waals surface area contributed by atoms with Crippen LogP contribution in [0.2, 0.25) is 0 Å². The lowest BCUT2D eigenvalue weighted by Gasteiger charge is -2.09. The van der Waals surface area contributed by atoms with E-state index in [-0.39, 0.29) is 12.4 Å². The Kier molecular flexibility index (Phi) is 4.78. The van der Waals surface area contributed by atoms with Crippen LogP contribution in [0.4, 0.5) is 0 Å². The summed E-state index contributed by atoms with van der Waals surface area (Å²) in [5, 5.41) is 9.69. The summed E-state index contributed by atoms with van der Waals surface area (Å²) in [5.41, 5.74) is 0.714. The highest BCUT2D eigenvalue weighted by molar-refractivity contribution is 9.10. The highest BCUT2D eigenvalue weighted by atomic mass is 79.9. The van der Waals surface area contributed by atoms with Crippen molar-refractivity contribution in [1.29, 1.82) is 0 Å². The molecule has 1 aromatic rings. The molecule has 3 nitrogen and oxygen atoms in total. The van der Waals surface area contributed by atoms with Crippen LogP contribution in [0.15, 0.2) is 28.7 Å². The van der Waals surface area contributed by atoms with Crippen molar-refractivity contribution in [3.05, 3.63) is 34.3 Å². The maximum atomic E-state index is 11.1. The van der Waals surface area contributed by atoms with Crippen LogP contribution in [0.1, 0.15) is 25.0 Å². The SMILES string of the molecule is CCOC(=O)C[C@@H](O)c1ccc(Br)cc1. The lowest BCUT2D eigenvalue weighted by molar-refractivity contribution is -0.145. The smallest absolute Gasteiger partial charge is 0.308 e. The second kappa shape index (κ2) is 5.88. The average molecular weight is 273 g/mol. The molecule has 0 bridgehead atoms. The third kappa shape index (κ3) is 4.01. The molecule has 1 atom stereocenters. The zero-order valence-electron chi connectivity index (χ0n) is 8.44. The molecule has 0 saturated heterocycles. The topological polar surface area (TPSA) is 46.5 Å². The Hall–Kier alpha value is -0.870. The van der Waals surface area contributed by atoms with Crippen molar-refractivity contribution in [1.82, 2.24) is 0 Å². The Bertz CT molecular complexity index is 321. The standard InChI is InChI=1S/C11H13BrO3/c1-2-15-11(14)7-10(13)8-3-5-9(12)6-4-8/h3-6,10,13H,2,7H2,1H3/t10-/m1/s1. The quantitative estimate of drug-likeness (QED) is 0.857. The van der Waals surface area contributed by atoms with E-state index < -0.39 is 6.10 Å². The summed E-state index contributed by atoms with van der Waals surface area (Å²) in [6, 6.07) is 7.19. The molecule has 15 heavy (non-hydrogen) atoms. The van der Waals surface area contributed by atoms with Gasteiger partial charge in [-0.15, -0.1) is 0 Å². The van der Waals surface area contributed by atoms with E-state index in [2.05, 4.69) is 15.9 Å². The zero-order valence-corrected chi connectivity index (χ0v) is 10.0. The summed E-state index contributed by atoms with van der Waals surface area (Å²) < 4.78 is 5.69. The molecule has 82 valence electrons. The molecule has 1 aromatic carbocycles. The van der Waals surface area contributed by atoms with Gasteiger partial charge in [0.1, 0.15) is 0 Å². The Morgan fingerprint density at radius 1 is 1.47 bits per heavy atom. The van der Waals surface area contributed by atoms with Gasteiger partial charge >= 0.3 is 5.97 Å². The minimum atomic E-state index is -0.794. The normalized spacial score (nSPS) is 12.2. The molecule has 0 saturated carbocycles. The van der Waals surface area contributed by atoms with Crippen LogP contribution in [0, 0.1) is 0 Å². The van der Waals surface area contributed by atoms with E-state index in [1.54, 1.807) is 19.1 Å². The molecule has 0 heterocycles. The van der Waals surface area contributed by atoms with Gasteiger partial charge < -0.3 is 9.84 Å². The lowest BCUT2D eigenvalue weighted by Crippen LogP contribution is -2.09. The van der Waals surface area contributed by atoms with E-state index in [9.17, 15) is 9.90 Å². The molecular formula is C11H13BrO3. The van der Waals surface area contributed by atoms with Crippen LogP contribution in [-0.4, -0.2) is 17.7 Å². The molecule has 0 radical (unpaired) electrons. The van der Waals surface area contributed by atoms with Crippen LogP contribution in [-0.2, 0) is 9.53 Å². The van der Waals surface area contributed by atoms with Gasteiger partial charge in [0.2, 0.25) is 0 Å². The minimum Gasteiger partial charge on any atom is -0.466 e. The van der Waals surface area contributed by atoms with Gasteiger partial charge in [0.25, 0.3) is 0 Å². The number of aliphatic hydroxyl groups is 1. The zero-order chi connectivity index (χ0) is 11.3. The van der Waals surface area contributed by atoms with Gasteiger partial charge in [0.05, 0.1) is 19.1 Å². The number of hydrogen-bond acceptors (Lipinski definition) is 3. The van der Waals surface area contributed by atoms with Gasteiger partial charge in [0, 0.05) is 4.47 Å². The fourth-order valence-corrected chi connectivity index (χ4v) is 1.44. The number of halogens is 1. The fraction of sp³-hybridized carbons (Fsp3) is 0.364. The third-order valence-electron chi connectivity index (χ3n) is 1.92. The molecule has 4 heteroatoms. The van der Waals surface area contributed by atoms with E-state index in [1.165, 1.54) is 0 Å². The summed E-state index contributed by atoms with van der Waals surface area (Å²) in [6.07, 6.45) is -0.799. The predicted octanol–water partition coefficient (Wildman–Crippen LogP) is 2.44. The van der Waals surface area contributed by atoms with Crippen molar-refractivity contribution in [3.8, 4) is 0 Å². The number of aliphatic hydroxyl groups excluding tert-OH is 1.